The molecule has 0 unspecified atom stereocenters. The highest BCUT2D eigenvalue weighted by Gasteiger charge is 2.63. The molecule has 0 saturated heterocycles. The number of carbonyl (C=O) groups excluding carboxylic acids is 4. The minimum absolute atomic E-state index is 0.104. The number of imide groups is 1. The topological polar surface area (TPSA) is 80.8 Å². The molecule has 2 aliphatic heterocycles. The van der Waals surface area contributed by atoms with Crippen molar-refractivity contribution in [2.75, 3.05) is 0 Å². The molecular formula is C23H13NO5. The van der Waals surface area contributed by atoms with Gasteiger partial charge in [0.1, 0.15) is 0 Å². The first-order chi connectivity index (χ1) is 14.1. The van der Waals surface area contributed by atoms with Crippen molar-refractivity contribution in [2.24, 2.45) is 0 Å². The molecule has 6 heteroatoms. The summed E-state index contributed by atoms with van der Waals surface area (Å²) in [4.78, 5) is 53.7. The lowest BCUT2D eigenvalue weighted by Gasteiger charge is -2.38. The van der Waals surface area contributed by atoms with Gasteiger partial charge < -0.3 is 4.74 Å². The average Bonchev–Trinajstić information content (AvgIpc) is 3.01. The molecule has 0 aliphatic carbocycles. The largest absolute Gasteiger partial charge is 0.422 e. The zero-order valence-electron chi connectivity index (χ0n) is 15.0. The molecule has 0 saturated carbocycles. The van der Waals surface area contributed by atoms with E-state index in [-0.39, 0.29) is 27.8 Å². The van der Waals surface area contributed by atoms with Gasteiger partial charge in [-0.15, -0.1) is 0 Å². The Bertz CT molecular complexity index is 1220. The Morgan fingerprint density at radius 2 is 1.31 bits per heavy atom. The minimum atomic E-state index is -2.16. The van der Waals surface area contributed by atoms with Crippen LogP contribution in [0.4, 0.5) is 0 Å². The molecule has 29 heavy (non-hydrogen) atoms. The monoisotopic (exact) mass is 383 g/mol. The van der Waals surface area contributed by atoms with Crippen molar-refractivity contribution in [3.63, 3.8) is 0 Å². The van der Waals surface area contributed by atoms with Gasteiger partial charge in [-0.3, -0.25) is 14.4 Å². The third kappa shape index (κ3) is 2.17. The molecular weight excluding hydrogens is 370 g/mol. The summed E-state index contributed by atoms with van der Waals surface area (Å²) in [6, 6.07) is 20.6. The fourth-order valence-corrected chi connectivity index (χ4v) is 3.90. The lowest BCUT2D eigenvalue weighted by Crippen LogP contribution is -2.57. The average molecular weight is 383 g/mol. The van der Waals surface area contributed by atoms with Gasteiger partial charge in [-0.2, -0.15) is 0 Å². The maximum Gasteiger partial charge on any atom is 0.341 e. The van der Waals surface area contributed by atoms with Crippen molar-refractivity contribution in [2.45, 2.75) is 5.72 Å². The summed E-state index contributed by atoms with van der Waals surface area (Å²) in [5, 5.41) is 0. The van der Waals surface area contributed by atoms with Crippen LogP contribution in [0.3, 0.4) is 0 Å². The summed E-state index contributed by atoms with van der Waals surface area (Å²) < 4.78 is 5.62. The number of fused-ring (bicyclic) bond motifs is 3. The number of rotatable bonds is 1. The van der Waals surface area contributed by atoms with Crippen molar-refractivity contribution in [3.05, 3.63) is 107 Å². The van der Waals surface area contributed by atoms with E-state index in [9.17, 15) is 19.2 Å². The van der Waals surface area contributed by atoms with Crippen LogP contribution < -0.4 is 0 Å². The number of ether oxygens (including phenoxy) is 1. The molecule has 0 N–H and O–H groups in total. The van der Waals surface area contributed by atoms with Crippen molar-refractivity contribution in [3.8, 4) is 0 Å². The second-order valence-corrected chi connectivity index (χ2v) is 6.77. The molecule has 0 bridgehead atoms. The SMILES string of the molecule is O=C1O[C@@]2(C(=O)c3ccccc31)c1ccccc1C(=O)N2C(=O)c1ccccc1. The lowest BCUT2D eigenvalue weighted by molar-refractivity contribution is -0.0668. The van der Waals surface area contributed by atoms with Crippen LogP contribution in [-0.2, 0) is 10.5 Å². The molecule has 0 aromatic heterocycles. The number of hydrogen-bond donors (Lipinski definition) is 0. The number of amides is 2. The Hall–Kier alpha value is -4.06. The van der Waals surface area contributed by atoms with E-state index >= 15 is 0 Å². The molecule has 1 atom stereocenters. The molecule has 1 spiro atoms. The van der Waals surface area contributed by atoms with Gasteiger partial charge in [0, 0.05) is 22.3 Å². The van der Waals surface area contributed by atoms with E-state index in [0.717, 1.165) is 4.90 Å². The zero-order chi connectivity index (χ0) is 20.2. The molecule has 6 nitrogen and oxygen atoms in total. The Balaban J connectivity index is 1.78. The molecule has 3 aromatic rings. The van der Waals surface area contributed by atoms with E-state index in [2.05, 4.69) is 0 Å². The number of ketones is 1. The number of carbonyl (C=O) groups is 4. The second kappa shape index (κ2) is 5.97. The van der Waals surface area contributed by atoms with Crippen LogP contribution >= 0.6 is 0 Å². The molecule has 0 fully saturated rings. The van der Waals surface area contributed by atoms with Crippen molar-refractivity contribution < 1.29 is 23.9 Å². The van der Waals surface area contributed by atoms with Gasteiger partial charge >= 0.3 is 5.97 Å². The van der Waals surface area contributed by atoms with Gasteiger partial charge in [0.2, 0.25) is 5.78 Å². The molecule has 140 valence electrons. The van der Waals surface area contributed by atoms with Crippen LogP contribution in [0.25, 0.3) is 0 Å². The Labute approximate surface area is 165 Å². The highest BCUT2D eigenvalue weighted by atomic mass is 16.6. The van der Waals surface area contributed by atoms with E-state index in [1.165, 1.54) is 36.4 Å². The molecule has 5 rings (SSSR count). The highest BCUT2D eigenvalue weighted by molar-refractivity contribution is 6.23. The predicted octanol–water partition coefficient (Wildman–Crippen LogP) is 3.19. The van der Waals surface area contributed by atoms with Gasteiger partial charge in [-0.25, -0.2) is 9.69 Å². The van der Waals surface area contributed by atoms with E-state index in [1.54, 1.807) is 42.5 Å². The van der Waals surface area contributed by atoms with Crippen LogP contribution in [0.2, 0.25) is 0 Å². The number of nitrogens with zero attached hydrogens (tertiary/aromatic N) is 1. The summed E-state index contributed by atoms with van der Waals surface area (Å²) >= 11 is 0. The smallest absolute Gasteiger partial charge is 0.341 e. The highest BCUT2D eigenvalue weighted by Crippen LogP contribution is 2.46. The first-order valence-electron chi connectivity index (χ1n) is 8.96. The molecule has 2 heterocycles. The van der Waals surface area contributed by atoms with Crippen molar-refractivity contribution in [1.29, 1.82) is 0 Å². The Morgan fingerprint density at radius 1 is 0.724 bits per heavy atom. The molecule has 2 amide bonds. The first kappa shape index (κ1) is 17.1. The van der Waals surface area contributed by atoms with Gasteiger partial charge in [0.05, 0.1) is 5.56 Å². The van der Waals surface area contributed by atoms with Gasteiger partial charge in [-0.05, 0) is 24.3 Å². The first-order valence-corrected chi connectivity index (χ1v) is 8.96. The molecule has 3 aromatic carbocycles. The fourth-order valence-electron chi connectivity index (χ4n) is 3.90. The van der Waals surface area contributed by atoms with Crippen LogP contribution in [0.1, 0.15) is 47.0 Å². The van der Waals surface area contributed by atoms with Gasteiger partial charge in [0.25, 0.3) is 17.5 Å². The van der Waals surface area contributed by atoms with Crippen molar-refractivity contribution >= 4 is 23.6 Å². The Morgan fingerprint density at radius 3 is 2.03 bits per heavy atom. The van der Waals surface area contributed by atoms with Crippen LogP contribution in [0.15, 0.2) is 78.9 Å². The van der Waals surface area contributed by atoms with Crippen LogP contribution in [0, 0.1) is 0 Å². The summed E-state index contributed by atoms with van der Waals surface area (Å²) in [7, 11) is 0. The fraction of sp³-hybridized carbons (Fsp3) is 0.0435. The van der Waals surface area contributed by atoms with Crippen LogP contribution in [0.5, 0.6) is 0 Å². The minimum Gasteiger partial charge on any atom is -0.422 e. The second-order valence-electron chi connectivity index (χ2n) is 6.77. The third-order valence-electron chi connectivity index (χ3n) is 5.20. The van der Waals surface area contributed by atoms with Gasteiger partial charge in [0.15, 0.2) is 0 Å². The summed E-state index contributed by atoms with van der Waals surface area (Å²) in [5.74, 6) is -2.80. The van der Waals surface area contributed by atoms with E-state index in [0.29, 0.717) is 0 Å². The van der Waals surface area contributed by atoms with Crippen LogP contribution in [-0.4, -0.2) is 28.5 Å². The quantitative estimate of drug-likeness (QED) is 0.476. The summed E-state index contributed by atoms with van der Waals surface area (Å²) in [5.41, 5.74) is -1.41. The van der Waals surface area contributed by atoms with Gasteiger partial charge in [-0.1, -0.05) is 54.6 Å². The molecule has 0 radical (unpaired) electrons. The lowest BCUT2D eigenvalue weighted by atomic mass is 9.87. The normalized spacial score (nSPS) is 19.7. The van der Waals surface area contributed by atoms with Crippen molar-refractivity contribution in [1.82, 2.24) is 4.90 Å². The third-order valence-corrected chi connectivity index (χ3v) is 5.20. The zero-order valence-corrected chi connectivity index (χ0v) is 15.0. The maximum absolute atomic E-state index is 13.6. The van der Waals surface area contributed by atoms with E-state index < -0.39 is 29.3 Å². The standard InChI is InChI=1S/C23H13NO5/c25-19-15-10-4-5-11-16(15)22(28)29-23(19)18-13-7-6-12-17(18)21(27)24(23)20(26)14-8-2-1-3-9-14/h1-13H/t23-/m1/s1. The number of Topliss-reactive ketones (excluding diaryl/α,β-unsaturated/α-hetero) is 1. The Kier molecular flexibility index (Phi) is 3.51. The van der Waals surface area contributed by atoms with E-state index in [4.69, 9.17) is 4.74 Å². The number of hydrogen-bond acceptors (Lipinski definition) is 5. The summed E-state index contributed by atoms with van der Waals surface area (Å²) in [6.07, 6.45) is 0. The predicted molar refractivity (Wildman–Crippen MR) is 101 cm³/mol. The summed E-state index contributed by atoms with van der Waals surface area (Å²) in [6.45, 7) is 0. The number of benzene rings is 3. The van der Waals surface area contributed by atoms with E-state index in [1.807, 2.05) is 0 Å². The number of esters is 1. The maximum atomic E-state index is 13.6. The molecule has 2 aliphatic rings.